The van der Waals surface area contributed by atoms with Crippen LogP contribution in [0.3, 0.4) is 0 Å². The minimum absolute atomic E-state index is 0.101. The van der Waals surface area contributed by atoms with Crippen molar-refractivity contribution >= 4 is 11.6 Å². The summed E-state index contributed by atoms with van der Waals surface area (Å²) in [7, 11) is 1.67. The highest BCUT2D eigenvalue weighted by atomic mass is 35.5. The van der Waals surface area contributed by atoms with Crippen LogP contribution in [0.25, 0.3) is 0 Å². The van der Waals surface area contributed by atoms with E-state index in [1.54, 1.807) is 7.11 Å². The van der Waals surface area contributed by atoms with Crippen LogP contribution in [0.15, 0.2) is 18.2 Å². The second kappa shape index (κ2) is 4.87. The first-order chi connectivity index (χ1) is 8.07. The van der Waals surface area contributed by atoms with Gasteiger partial charge in [0.25, 0.3) is 0 Å². The summed E-state index contributed by atoms with van der Waals surface area (Å²) in [6.45, 7) is 4.97. The van der Waals surface area contributed by atoms with E-state index >= 15 is 0 Å². The molecule has 2 rings (SSSR count). The van der Waals surface area contributed by atoms with E-state index in [1.165, 1.54) is 0 Å². The summed E-state index contributed by atoms with van der Waals surface area (Å²) in [6.07, 6.45) is 2.11. The van der Waals surface area contributed by atoms with E-state index in [0.717, 1.165) is 36.3 Å². The molecule has 1 aliphatic heterocycles. The number of alkyl halides is 1. The van der Waals surface area contributed by atoms with Crippen molar-refractivity contribution < 1.29 is 9.47 Å². The zero-order valence-electron chi connectivity index (χ0n) is 10.6. The molecule has 0 N–H and O–H groups in total. The summed E-state index contributed by atoms with van der Waals surface area (Å²) < 4.78 is 11.0. The number of aryl methyl sites for hydroxylation is 1. The molecule has 1 heterocycles. The number of methoxy groups -OCH3 is 1. The van der Waals surface area contributed by atoms with Crippen LogP contribution in [0.1, 0.15) is 36.3 Å². The monoisotopic (exact) mass is 254 g/mol. The lowest BCUT2D eigenvalue weighted by Gasteiger charge is -2.30. The number of hydrogen-bond acceptors (Lipinski definition) is 2. The molecule has 0 bridgehead atoms. The summed E-state index contributed by atoms with van der Waals surface area (Å²) in [5.41, 5.74) is 2.05. The van der Waals surface area contributed by atoms with E-state index in [-0.39, 0.29) is 11.0 Å². The molecule has 1 aromatic carbocycles. The van der Waals surface area contributed by atoms with Crippen molar-refractivity contribution in [2.45, 2.75) is 37.7 Å². The number of benzene rings is 1. The predicted octanol–water partition coefficient (Wildman–Crippen LogP) is 3.85. The van der Waals surface area contributed by atoms with Gasteiger partial charge in [0.05, 0.1) is 18.1 Å². The van der Waals surface area contributed by atoms with Crippen LogP contribution in [0.5, 0.6) is 5.75 Å². The zero-order valence-corrected chi connectivity index (χ0v) is 11.4. The van der Waals surface area contributed by atoms with Crippen molar-refractivity contribution in [3.05, 3.63) is 29.3 Å². The van der Waals surface area contributed by atoms with Crippen LogP contribution < -0.4 is 4.74 Å². The van der Waals surface area contributed by atoms with Crippen LogP contribution in [0.2, 0.25) is 0 Å². The molecule has 1 aromatic rings. The van der Waals surface area contributed by atoms with E-state index < -0.39 is 0 Å². The average Bonchev–Trinajstić information content (AvgIpc) is 2.76. The SMILES string of the molecule is COc1ccc(C(Cl)C2(C)CCCO2)c(C)c1. The van der Waals surface area contributed by atoms with Crippen molar-refractivity contribution in [1.82, 2.24) is 0 Å². The van der Waals surface area contributed by atoms with Crippen molar-refractivity contribution in [3.8, 4) is 5.75 Å². The Labute approximate surface area is 108 Å². The Morgan fingerprint density at radius 3 is 2.76 bits per heavy atom. The highest BCUT2D eigenvalue weighted by molar-refractivity contribution is 6.21. The van der Waals surface area contributed by atoms with Crippen molar-refractivity contribution in [2.24, 2.45) is 0 Å². The molecule has 2 unspecified atom stereocenters. The zero-order chi connectivity index (χ0) is 12.5. The van der Waals surface area contributed by atoms with Crippen LogP contribution >= 0.6 is 11.6 Å². The number of halogens is 1. The normalized spacial score (nSPS) is 25.9. The van der Waals surface area contributed by atoms with Crippen LogP contribution in [-0.2, 0) is 4.74 Å². The van der Waals surface area contributed by atoms with Crippen molar-refractivity contribution in [1.29, 1.82) is 0 Å². The third kappa shape index (κ3) is 2.43. The maximum Gasteiger partial charge on any atom is 0.119 e. The Morgan fingerprint density at radius 1 is 1.47 bits per heavy atom. The van der Waals surface area contributed by atoms with Gasteiger partial charge in [-0.25, -0.2) is 0 Å². The molecule has 0 saturated carbocycles. The topological polar surface area (TPSA) is 18.5 Å². The van der Waals surface area contributed by atoms with Gasteiger partial charge < -0.3 is 9.47 Å². The van der Waals surface area contributed by atoms with Gasteiger partial charge in [0, 0.05) is 6.61 Å². The fourth-order valence-corrected chi connectivity index (χ4v) is 2.81. The quantitative estimate of drug-likeness (QED) is 0.763. The van der Waals surface area contributed by atoms with Gasteiger partial charge in [0.15, 0.2) is 0 Å². The van der Waals surface area contributed by atoms with Crippen LogP contribution in [-0.4, -0.2) is 19.3 Å². The van der Waals surface area contributed by atoms with E-state index in [0.29, 0.717) is 0 Å². The van der Waals surface area contributed by atoms with Gasteiger partial charge >= 0.3 is 0 Å². The molecule has 0 aromatic heterocycles. The lowest BCUT2D eigenvalue weighted by Crippen LogP contribution is -2.29. The van der Waals surface area contributed by atoms with Gasteiger partial charge in [-0.05, 0) is 49.9 Å². The molecule has 0 radical (unpaired) electrons. The number of rotatable bonds is 3. The van der Waals surface area contributed by atoms with Crippen molar-refractivity contribution in [3.63, 3.8) is 0 Å². The Bertz CT molecular complexity index is 397. The third-order valence-corrected chi connectivity index (χ3v) is 4.23. The highest BCUT2D eigenvalue weighted by Gasteiger charge is 2.38. The Balaban J connectivity index is 2.27. The Hall–Kier alpha value is -0.730. The van der Waals surface area contributed by atoms with E-state index in [9.17, 15) is 0 Å². The molecule has 2 atom stereocenters. The Kier molecular flexibility index (Phi) is 3.64. The maximum absolute atomic E-state index is 6.59. The van der Waals surface area contributed by atoms with E-state index in [2.05, 4.69) is 13.8 Å². The molecule has 17 heavy (non-hydrogen) atoms. The van der Waals surface area contributed by atoms with Gasteiger partial charge in [-0.1, -0.05) is 6.07 Å². The van der Waals surface area contributed by atoms with Gasteiger partial charge in [0.2, 0.25) is 0 Å². The summed E-state index contributed by atoms with van der Waals surface area (Å²) in [6, 6.07) is 6.01. The fourth-order valence-electron chi connectivity index (χ4n) is 2.39. The molecule has 1 fully saturated rings. The minimum atomic E-state index is -0.235. The standard InChI is InChI=1S/C14H19ClO2/c1-10-9-11(16-3)5-6-12(10)13(15)14(2)7-4-8-17-14/h5-6,9,13H,4,7-8H2,1-3H3. The van der Waals surface area contributed by atoms with Crippen molar-refractivity contribution in [2.75, 3.05) is 13.7 Å². The molecular weight excluding hydrogens is 236 g/mol. The summed E-state index contributed by atoms with van der Waals surface area (Å²) in [4.78, 5) is 0. The molecule has 1 saturated heterocycles. The van der Waals surface area contributed by atoms with E-state index in [1.807, 2.05) is 18.2 Å². The molecule has 0 spiro atoms. The molecule has 0 aliphatic carbocycles. The molecule has 94 valence electrons. The summed E-state index contributed by atoms with van der Waals surface area (Å²) >= 11 is 6.59. The molecule has 3 heteroatoms. The second-order valence-corrected chi connectivity index (χ2v) is 5.29. The van der Waals surface area contributed by atoms with Crippen LogP contribution in [0, 0.1) is 6.92 Å². The van der Waals surface area contributed by atoms with Gasteiger partial charge in [-0.3, -0.25) is 0 Å². The highest BCUT2D eigenvalue weighted by Crippen LogP contribution is 2.43. The minimum Gasteiger partial charge on any atom is -0.497 e. The lowest BCUT2D eigenvalue weighted by molar-refractivity contribution is 0.0163. The van der Waals surface area contributed by atoms with E-state index in [4.69, 9.17) is 21.1 Å². The summed E-state index contributed by atoms with van der Waals surface area (Å²) in [5, 5.41) is -0.101. The number of hydrogen-bond donors (Lipinski definition) is 0. The van der Waals surface area contributed by atoms with Crippen LogP contribution in [0.4, 0.5) is 0 Å². The first kappa shape index (κ1) is 12.7. The second-order valence-electron chi connectivity index (χ2n) is 4.85. The van der Waals surface area contributed by atoms with Gasteiger partial charge in [0.1, 0.15) is 5.75 Å². The first-order valence-electron chi connectivity index (χ1n) is 5.99. The molecule has 0 amide bonds. The van der Waals surface area contributed by atoms with Gasteiger partial charge in [-0.15, -0.1) is 11.6 Å². The summed E-state index contributed by atoms with van der Waals surface area (Å²) in [5.74, 6) is 0.868. The molecule has 2 nitrogen and oxygen atoms in total. The Morgan fingerprint density at radius 2 is 2.24 bits per heavy atom. The predicted molar refractivity (Wildman–Crippen MR) is 69.9 cm³/mol. The maximum atomic E-state index is 6.59. The lowest BCUT2D eigenvalue weighted by atomic mass is 9.90. The fraction of sp³-hybridized carbons (Fsp3) is 0.571. The third-order valence-electron chi connectivity index (χ3n) is 3.54. The van der Waals surface area contributed by atoms with Gasteiger partial charge in [-0.2, -0.15) is 0 Å². The molecule has 1 aliphatic rings. The smallest absolute Gasteiger partial charge is 0.119 e. The first-order valence-corrected chi connectivity index (χ1v) is 6.43. The average molecular weight is 255 g/mol. The molecular formula is C14H19ClO2. The number of ether oxygens (including phenoxy) is 2. The largest absolute Gasteiger partial charge is 0.497 e.